The number of fused-ring (bicyclic) bond motifs is 2. The average molecular weight is 408 g/mol. The third-order valence-corrected chi connectivity index (χ3v) is 6.11. The highest BCUT2D eigenvalue weighted by molar-refractivity contribution is 6.10. The maximum Gasteiger partial charge on any atom is 0.250 e. The Morgan fingerprint density at radius 1 is 1.23 bits per heavy atom. The standard InChI is InChI=1S/C24H29N3O3/c1-14(2)11-17-13-20(22(28)25-16-6-8-18(30-4)9-7-16)24(27-17)19-12-15(3)5-10-21(19)26-23(24)29/h5-10,12,14,17,20,27H,11,13H2,1-4H3,(H,25,28)(H,26,29)/t17-,20-,24+/m0/s1. The molecule has 3 atom stereocenters. The van der Waals surface area contributed by atoms with Crippen LogP contribution < -0.4 is 20.7 Å². The fourth-order valence-electron chi connectivity index (χ4n) is 4.80. The van der Waals surface area contributed by atoms with E-state index in [-0.39, 0.29) is 17.9 Å². The molecule has 3 N–H and O–H groups in total. The van der Waals surface area contributed by atoms with Gasteiger partial charge in [-0.05, 0) is 56.0 Å². The van der Waals surface area contributed by atoms with Gasteiger partial charge in [-0.25, -0.2) is 0 Å². The molecule has 6 nitrogen and oxygen atoms in total. The number of anilines is 2. The largest absolute Gasteiger partial charge is 0.497 e. The lowest BCUT2D eigenvalue weighted by Gasteiger charge is -2.29. The minimum atomic E-state index is -1.04. The Hall–Kier alpha value is -2.86. The molecule has 2 amide bonds. The molecule has 0 aliphatic carbocycles. The van der Waals surface area contributed by atoms with Crippen molar-refractivity contribution in [2.45, 2.75) is 45.2 Å². The third-order valence-electron chi connectivity index (χ3n) is 6.11. The number of ether oxygens (including phenoxy) is 1. The fraction of sp³-hybridized carbons (Fsp3) is 0.417. The van der Waals surface area contributed by atoms with Gasteiger partial charge in [-0.15, -0.1) is 0 Å². The molecule has 0 unspecified atom stereocenters. The Morgan fingerprint density at radius 3 is 2.63 bits per heavy atom. The number of aryl methyl sites for hydroxylation is 1. The second-order valence-electron chi connectivity index (χ2n) is 8.79. The Balaban J connectivity index is 1.69. The predicted molar refractivity (Wildman–Crippen MR) is 118 cm³/mol. The molecule has 2 heterocycles. The van der Waals surface area contributed by atoms with Gasteiger partial charge < -0.3 is 15.4 Å². The van der Waals surface area contributed by atoms with Crippen LogP contribution in [0.5, 0.6) is 5.75 Å². The van der Waals surface area contributed by atoms with Crippen molar-refractivity contribution >= 4 is 23.2 Å². The van der Waals surface area contributed by atoms with Crippen LogP contribution >= 0.6 is 0 Å². The van der Waals surface area contributed by atoms with Crippen molar-refractivity contribution in [2.75, 3.05) is 17.7 Å². The molecule has 0 aromatic heterocycles. The summed E-state index contributed by atoms with van der Waals surface area (Å²) in [7, 11) is 1.61. The van der Waals surface area contributed by atoms with Crippen LogP contribution in [0, 0.1) is 18.8 Å². The molecule has 0 saturated carbocycles. The first-order valence-electron chi connectivity index (χ1n) is 10.5. The summed E-state index contributed by atoms with van der Waals surface area (Å²) in [6, 6.07) is 13.2. The highest BCUT2D eigenvalue weighted by atomic mass is 16.5. The van der Waals surface area contributed by atoms with Crippen molar-refractivity contribution in [2.24, 2.45) is 11.8 Å². The van der Waals surface area contributed by atoms with E-state index in [0.29, 0.717) is 18.0 Å². The van der Waals surface area contributed by atoms with E-state index in [0.717, 1.165) is 29.0 Å². The highest BCUT2D eigenvalue weighted by Gasteiger charge is 2.60. The minimum absolute atomic E-state index is 0.0915. The first-order chi connectivity index (χ1) is 14.3. The van der Waals surface area contributed by atoms with Crippen molar-refractivity contribution in [1.29, 1.82) is 0 Å². The van der Waals surface area contributed by atoms with E-state index in [9.17, 15) is 9.59 Å². The van der Waals surface area contributed by atoms with Crippen molar-refractivity contribution < 1.29 is 14.3 Å². The molecule has 0 bridgehead atoms. The zero-order valence-corrected chi connectivity index (χ0v) is 17.9. The summed E-state index contributed by atoms with van der Waals surface area (Å²) in [6.07, 6.45) is 1.52. The van der Waals surface area contributed by atoms with Gasteiger partial charge in [-0.3, -0.25) is 14.9 Å². The molecule has 2 aliphatic heterocycles. The first-order valence-corrected chi connectivity index (χ1v) is 10.5. The molecule has 0 radical (unpaired) electrons. The van der Waals surface area contributed by atoms with Gasteiger partial charge in [-0.2, -0.15) is 0 Å². The van der Waals surface area contributed by atoms with Crippen molar-refractivity contribution in [3.63, 3.8) is 0 Å². The van der Waals surface area contributed by atoms with Gasteiger partial charge >= 0.3 is 0 Å². The quantitative estimate of drug-likeness (QED) is 0.704. The molecule has 1 spiro atoms. The summed E-state index contributed by atoms with van der Waals surface area (Å²) in [5.41, 5.74) is 2.36. The lowest BCUT2D eigenvalue weighted by molar-refractivity contribution is -0.130. The average Bonchev–Trinajstić information content (AvgIpc) is 3.21. The number of amides is 2. The summed E-state index contributed by atoms with van der Waals surface area (Å²) in [5.74, 6) is 0.382. The second kappa shape index (κ2) is 7.76. The Labute approximate surface area is 177 Å². The second-order valence-corrected chi connectivity index (χ2v) is 8.79. The first kappa shape index (κ1) is 20.4. The SMILES string of the molecule is COc1ccc(NC(=O)[C@@H]2C[C@H](CC(C)C)N[C@@]23C(=O)Nc2ccc(C)cc23)cc1. The molecule has 2 aromatic carbocycles. The number of benzene rings is 2. The van der Waals surface area contributed by atoms with Gasteiger partial charge in [0.25, 0.3) is 0 Å². The molecule has 2 aromatic rings. The maximum absolute atomic E-state index is 13.4. The van der Waals surface area contributed by atoms with Crippen molar-refractivity contribution in [3.8, 4) is 5.75 Å². The summed E-state index contributed by atoms with van der Waals surface area (Å²) in [5, 5.41) is 9.58. The normalized spacial score (nSPS) is 24.8. The predicted octanol–water partition coefficient (Wildman–Crippen LogP) is 3.81. The van der Waals surface area contributed by atoms with E-state index < -0.39 is 11.5 Å². The Kier molecular flexibility index (Phi) is 5.28. The molecule has 2 aliphatic rings. The van der Waals surface area contributed by atoms with Crippen LogP contribution in [0.25, 0.3) is 0 Å². The minimum Gasteiger partial charge on any atom is -0.497 e. The van der Waals surface area contributed by atoms with E-state index >= 15 is 0 Å². The third kappa shape index (κ3) is 3.45. The number of carbonyl (C=O) groups is 2. The molecule has 30 heavy (non-hydrogen) atoms. The molecule has 1 fully saturated rings. The molecular weight excluding hydrogens is 378 g/mol. The van der Waals surface area contributed by atoms with E-state index in [4.69, 9.17) is 4.74 Å². The van der Waals surface area contributed by atoms with Crippen LogP contribution in [0.1, 0.15) is 37.8 Å². The van der Waals surface area contributed by atoms with Crippen molar-refractivity contribution in [3.05, 3.63) is 53.6 Å². The molecular formula is C24H29N3O3. The van der Waals surface area contributed by atoms with E-state index in [1.165, 1.54) is 0 Å². The number of carbonyl (C=O) groups excluding carboxylic acids is 2. The number of rotatable bonds is 5. The Morgan fingerprint density at radius 2 is 1.97 bits per heavy atom. The van der Waals surface area contributed by atoms with Gasteiger partial charge in [0, 0.05) is 23.0 Å². The van der Waals surface area contributed by atoms with Gasteiger partial charge in [0.1, 0.15) is 11.3 Å². The Bertz CT molecular complexity index is 970. The van der Waals surface area contributed by atoms with Crippen LogP contribution in [0.15, 0.2) is 42.5 Å². The molecule has 158 valence electrons. The van der Waals surface area contributed by atoms with E-state index in [1.807, 2.05) is 37.3 Å². The van der Waals surface area contributed by atoms with Crippen LogP contribution in [-0.2, 0) is 15.1 Å². The topological polar surface area (TPSA) is 79.5 Å². The lowest BCUT2D eigenvalue weighted by Crippen LogP contribution is -2.52. The monoisotopic (exact) mass is 407 g/mol. The summed E-state index contributed by atoms with van der Waals surface area (Å²) in [4.78, 5) is 26.7. The smallest absolute Gasteiger partial charge is 0.250 e. The summed E-state index contributed by atoms with van der Waals surface area (Å²) >= 11 is 0. The van der Waals surface area contributed by atoms with Gasteiger partial charge in [-0.1, -0.05) is 31.5 Å². The van der Waals surface area contributed by atoms with Gasteiger partial charge in [0.05, 0.1) is 13.0 Å². The number of nitrogens with one attached hydrogen (secondary N) is 3. The van der Waals surface area contributed by atoms with Gasteiger partial charge in [0.2, 0.25) is 11.8 Å². The highest BCUT2D eigenvalue weighted by Crippen LogP contribution is 2.48. The number of methoxy groups -OCH3 is 1. The van der Waals surface area contributed by atoms with E-state index in [2.05, 4.69) is 29.8 Å². The molecule has 4 rings (SSSR count). The van der Waals surface area contributed by atoms with Crippen LogP contribution in [0.2, 0.25) is 0 Å². The van der Waals surface area contributed by atoms with Crippen LogP contribution in [-0.4, -0.2) is 25.0 Å². The maximum atomic E-state index is 13.4. The van der Waals surface area contributed by atoms with E-state index in [1.54, 1.807) is 19.2 Å². The summed E-state index contributed by atoms with van der Waals surface area (Å²) in [6.45, 7) is 6.32. The molecule has 1 saturated heterocycles. The number of hydrogen-bond donors (Lipinski definition) is 3. The lowest BCUT2D eigenvalue weighted by atomic mass is 9.79. The zero-order valence-electron chi connectivity index (χ0n) is 17.9. The van der Waals surface area contributed by atoms with Crippen LogP contribution in [0.4, 0.5) is 11.4 Å². The van der Waals surface area contributed by atoms with Gasteiger partial charge in [0.15, 0.2) is 0 Å². The zero-order chi connectivity index (χ0) is 21.5. The fourth-order valence-corrected chi connectivity index (χ4v) is 4.80. The van der Waals surface area contributed by atoms with Crippen LogP contribution in [0.3, 0.4) is 0 Å². The molecule has 6 heteroatoms. The van der Waals surface area contributed by atoms with Crippen molar-refractivity contribution in [1.82, 2.24) is 5.32 Å². The summed E-state index contributed by atoms with van der Waals surface area (Å²) < 4.78 is 5.19. The number of hydrogen-bond acceptors (Lipinski definition) is 4.